The van der Waals surface area contributed by atoms with Gasteiger partial charge in [0.05, 0.1) is 18.5 Å². The molecule has 4 atom stereocenters. The Bertz CT molecular complexity index is 132. The standard InChI is InChI=1S/C5H9ClO5/c6-10-1-2-3(7)4(8)5(9)11-2/h2-5,7-9H,1H2/t2-,3+,4-,5?/m1/s1. The molecule has 0 bridgehead atoms. The minimum Gasteiger partial charge on any atom is -0.387 e. The van der Waals surface area contributed by atoms with Crippen molar-refractivity contribution in [1.82, 2.24) is 0 Å². The summed E-state index contributed by atoms with van der Waals surface area (Å²) in [4.78, 5) is 0. The highest BCUT2D eigenvalue weighted by Gasteiger charge is 2.41. The molecular formula is C5H9ClO5. The molecule has 0 aliphatic carbocycles. The number of rotatable bonds is 2. The molecule has 0 radical (unpaired) electrons. The first-order chi connectivity index (χ1) is 5.16. The zero-order valence-electron chi connectivity index (χ0n) is 5.55. The maximum Gasteiger partial charge on any atom is 0.184 e. The number of ether oxygens (including phenoxy) is 1. The summed E-state index contributed by atoms with van der Waals surface area (Å²) in [5.41, 5.74) is 0. The summed E-state index contributed by atoms with van der Waals surface area (Å²) in [5, 5.41) is 26.9. The molecule has 0 saturated carbocycles. The van der Waals surface area contributed by atoms with E-state index >= 15 is 0 Å². The quantitative estimate of drug-likeness (QED) is 0.492. The van der Waals surface area contributed by atoms with Crippen molar-refractivity contribution in [3.63, 3.8) is 0 Å². The van der Waals surface area contributed by atoms with Crippen LogP contribution in [-0.4, -0.2) is 46.5 Å². The fourth-order valence-corrected chi connectivity index (χ4v) is 1.05. The first kappa shape index (κ1) is 9.18. The van der Waals surface area contributed by atoms with Crippen molar-refractivity contribution in [1.29, 1.82) is 0 Å². The van der Waals surface area contributed by atoms with E-state index in [1.54, 1.807) is 0 Å². The highest BCUT2D eigenvalue weighted by Crippen LogP contribution is 2.19. The Morgan fingerprint density at radius 1 is 1.27 bits per heavy atom. The minimum absolute atomic E-state index is 0.0726. The molecular weight excluding hydrogens is 176 g/mol. The topological polar surface area (TPSA) is 79.2 Å². The third-order valence-corrected chi connectivity index (χ3v) is 1.69. The molecule has 0 amide bonds. The Morgan fingerprint density at radius 2 is 1.91 bits per heavy atom. The fraction of sp³-hybridized carbons (Fsp3) is 1.00. The van der Waals surface area contributed by atoms with Crippen LogP contribution >= 0.6 is 11.9 Å². The van der Waals surface area contributed by atoms with E-state index < -0.39 is 24.6 Å². The van der Waals surface area contributed by atoms with Gasteiger partial charge in [0.1, 0.15) is 18.3 Å². The van der Waals surface area contributed by atoms with E-state index in [1.807, 2.05) is 0 Å². The molecule has 0 spiro atoms. The summed E-state index contributed by atoms with van der Waals surface area (Å²) in [6, 6.07) is 0. The van der Waals surface area contributed by atoms with Gasteiger partial charge in [-0.25, -0.2) is 0 Å². The Hall–Kier alpha value is 0.0900. The average molecular weight is 185 g/mol. The molecule has 0 aromatic carbocycles. The largest absolute Gasteiger partial charge is 0.387 e. The van der Waals surface area contributed by atoms with E-state index in [1.165, 1.54) is 0 Å². The van der Waals surface area contributed by atoms with Gasteiger partial charge in [-0.05, 0) is 0 Å². The lowest BCUT2D eigenvalue weighted by Gasteiger charge is -2.10. The van der Waals surface area contributed by atoms with E-state index in [4.69, 9.17) is 27.2 Å². The van der Waals surface area contributed by atoms with Gasteiger partial charge < -0.3 is 20.1 Å². The number of halogens is 1. The van der Waals surface area contributed by atoms with Crippen molar-refractivity contribution < 1.29 is 24.3 Å². The van der Waals surface area contributed by atoms with E-state index in [9.17, 15) is 0 Å². The monoisotopic (exact) mass is 184 g/mol. The lowest BCUT2D eigenvalue weighted by molar-refractivity contribution is -0.131. The summed E-state index contributed by atoms with van der Waals surface area (Å²) < 4.78 is 8.83. The van der Waals surface area contributed by atoms with Gasteiger partial charge in [-0.3, -0.25) is 4.29 Å². The molecule has 11 heavy (non-hydrogen) atoms. The summed E-state index contributed by atoms with van der Waals surface area (Å²) in [6.07, 6.45) is -4.56. The van der Waals surface area contributed by atoms with Gasteiger partial charge in [-0.1, -0.05) is 0 Å². The van der Waals surface area contributed by atoms with Crippen LogP contribution < -0.4 is 0 Å². The van der Waals surface area contributed by atoms with Crippen LogP contribution in [0.25, 0.3) is 0 Å². The molecule has 1 aliphatic rings. The number of hydrogen-bond donors (Lipinski definition) is 3. The van der Waals surface area contributed by atoms with Crippen LogP contribution in [0.2, 0.25) is 0 Å². The van der Waals surface area contributed by atoms with Crippen LogP contribution in [0.4, 0.5) is 0 Å². The molecule has 1 fully saturated rings. The van der Waals surface area contributed by atoms with Gasteiger partial charge in [0.2, 0.25) is 0 Å². The van der Waals surface area contributed by atoms with Gasteiger partial charge in [-0.15, -0.1) is 0 Å². The van der Waals surface area contributed by atoms with Crippen LogP contribution in [0.15, 0.2) is 0 Å². The van der Waals surface area contributed by atoms with Crippen molar-refractivity contribution in [2.45, 2.75) is 24.6 Å². The Morgan fingerprint density at radius 3 is 2.27 bits per heavy atom. The predicted octanol–water partition coefficient (Wildman–Crippen LogP) is -1.40. The Balaban J connectivity index is 2.45. The van der Waals surface area contributed by atoms with E-state index in [0.29, 0.717) is 0 Å². The molecule has 5 nitrogen and oxygen atoms in total. The third-order valence-electron chi connectivity index (χ3n) is 1.56. The highest BCUT2D eigenvalue weighted by atomic mass is 35.5. The summed E-state index contributed by atoms with van der Waals surface area (Å²) in [6.45, 7) is -0.0726. The molecule has 1 aliphatic heterocycles. The Kier molecular flexibility index (Phi) is 3.06. The second-order valence-corrected chi connectivity index (χ2v) is 2.54. The smallest absolute Gasteiger partial charge is 0.184 e. The van der Waals surface area contributed by atoms with Crippen molar-refractivity contribution >= 4 is 11.9 Å². The van der Waals surface area contributed by atoms with Gasteiger partial charge in [0, 0.05) is 0 Å². The van der Waals surface area contributed by atoms with Crippen molar-refractivity contribution in [2.24, 2.45) is 0 Å². The van der Waals surface area contributed by atoms with Crippen molar-refractivity contribution in [3.05, 3.63) is 0 Å². The molecule has 1 heterocycles. The second-order valence-electron chi connectivity index (χ2n) is 2.32. The molecule has 6 heteroatoms. The lowest BCUT2D eigenvalue weighted by Crippen LogP contribution is -2.33. The van der Waals surface area contributed by atoms with Gasteiger partial charge in [-0.2, -0.15) is 0 Å². The van der Waals surface area contributed by atoms with Gasteiger partial charge in [0.25, 0.3) is 0 Å². The van der Waals surface area contributed by atoms with E-state index in [0.717, 1.165) is 0 Å². The molecule has 1 rings (SSSR count). The van der Waals surface area contributed by atoms with Crippen molar-refractivity contribution in [2.75, 3.05) is 6.61 Å². The molecule has 66 valence electrons. The second kappa shape index (κ2) is 3.66. The number of aliphatic hydroxyl groups is 3. The predicted molar refractivity (Wildman–Crippen MR) is 34.7 cm³/mol. The van der Waals surface area contributed by atoms with Crippen LogP contribution in [0.3, 0.4) is 0 Å². The maximum atomic E-state index is 9.09. The normalized spacial score (nSPS) is 44.7. The van der Waals surface area contributed by atoms with Crippen molar-refractivity contribution in [3.8, 4) is 0 Å². The molecule has 0 aromatic heterocycles. The van der Waals surface area contributed by atoms with E-state index in [2.05, 4.69) is 9.03 Å². The lowest BCUT2D eigenvalue weighted by atomic mass is 10.1. The van der Waals surface area contributed by atoms with Gasteiger partial charge >= 0.3 is 0 Å². The summed E-state index contributed by atoms with van der Waals surface area (Å²) in [7, 11) is 0. The maximum absolute atomic E-state index is 9.09. The fourth-order valence-electron chi connectivity index (χ4n) is 0.929. The molecule has 1 unspecified atom stereocenters. The van der Waals surface area contributed by atoms with Crippen LogP contribution in [0.1, 0.15) is 0 Å². The average Bonchev–Trinajstić information content (AvgIpc) is 2.19. The molecule has 3 N–H and O–H groups in total. The first-order valence-electron chi connectivity index (χ1n) is 3.10. The summed E-state index contributed by atoms with van der Waals surface area (Å²) >= 11 is 4.89. The summed E-state index contributed by atoms with van der Waals surface area (Å²) in [5.74, 6) is 0. The van der Waals surface area contributed by atoms with Crippen LogP contribution in [0, 0.1) is 0 Å². The van der Waals surface area contributed by atoms with Crippen LogP contribution in [-0.2, 0) is 9.03 Å². The third kappa shape index (κ3) is 1.81. The Labute approximate surface area is 68.3 Å². The van der Waals surface area contributed by atoms with E-state index in [-0.39, 0.29) is 6.61 Å². The first-order valence-corrected chi connectivity index (χ1v) is 3.41. The van der Waals surface area contributed by atoms with Gasteiger partial charge in [0.15, 0.2) is 6.29 Å². The number of hydrogen-bond acceptors (Lipinski definition) is 5. The molecule has 1 saturated heterocycles. The number of aliphatic hydroxyl groups excluding tert-OH is 3. The zero-order valence-corrected chi connectivity index (χ0v) is 6.31. The minimum atomic E-state index is -1.36. The van der Waals surface area contributed by atoms with Crippen LogP contribution in [0.5, 0.6) is 0 Å². The highest BCUT2D eigenvalue weighted by molar-refractivity contribution is 6.07. The molecule has 0 aromatic rings. The SMILES string of the molecule is OC1O[C@H](COCl)[C@H](O)[C@H]1O. The zero-order chi connectivity index (χ0) is 8.43.